The predicted molar refractivity (Wildman–Crippen MR) is 81.7 cm³/mol. The molecule has 2 aromatic heterocycles. The number of ether oxygens (including phenoxy) is 1. The highest BCUT2D eigenvalue weighted by molar-refractivity contribution is 5.49. The fourth-order valence-corrected chi connectivity index (χ4v) is 2.54. The zero-order valence-electron chi connectivity index (χ0n) is 12.4. The Hall–Kier alpha value is -2.33. The number of methoxy groups -OCH3 is 1. The van der Waals surface area contributed by atoms with Gasteiger partial charge in [0.2, 0.25) is 0 Å². The van der Waals surface area contributed by atoms with E-state index in [1.54, 1.807) is 7.11 Å². The van der Waals surface area contributed by atoms with Gasteiger partial charge >= 0.3 is 0 Å². The van der Waals surface area contributed by atoms with E-state index in [1.165, 1.54) is 0 Å². The molecule has 4 nitrogen and oxygen atoms in total. The van der Waals surface area contributed by atoms with Crippen molar-refractivity contribution in [1.82, 2.24) is 9.38 Å². The first-order chi connectivity index (χ1) is 10.1. The van der Waals surface area contributed by atoms with Gasteiger partial charge in [0.25, 0.3) is 0 Å². The van der Waals surface area contributed by atoms with Crippen LogP contribution in [0.3, 0.4) is 0 Å². The number of fused-ring (bicyclic) bond motifs is 1. The van der Waals surface area contributed by atoms with Crippen molar-refractivity contribution in [3.63, 3.8) is 0 Å². The van der Waals surface area contributed by atoms with Crippen molar-refractivity contribution in [2.75, 3.05) is 7.11 Å². The number of benzene rings is 1. The van der Waals surface area contributed by atoms with Crippen molar-refractivity contribution in [2.45, 2.75) is 20.0 Å². The highest BCUT2D eigenvalue weighted by atomic mass is 16.5. The number of aliphatic hydroxyl groups is 1. The summed E-state index contributed by atoms with van der Waals surface area (Å²) in [6.45, 7) is 4.02. The van der Waals surface area contributed by atoms with Crippen LogP contribution in [0, 0.1) is 13.8 Å². The summed E-state index contributed by atoms with van der Waals surface area (Å²) in [5.41, 5.74) is 4.34. The standard InChI is InChI=1S/C17H18N2O2/c1-11-7-8-13(17(21-3)12(11)2)16(20)14-10-19-9-5-4-6-15(19)18-14/h4-10,16,20H,1-3H3. The second-order valence-electron chi connectivity index (χ2n) is 5.16. The fraction of sp³-hybridized carbons (Fsp3) is 0.235. The number of aromatic nitrogens is 2. The molecule has 3 rings (SSSR count). The normalized spacial score (nSPS) is 12.6. The van der Waals surface area contributed by atoms with E-state index in [0.717, 1.165) is 28.1 Å². The number of nitrogens with zero attached hydrogens (tertiary/aromatic N) is 2. The molecular formula is C17H18N2O2. The first-order valence-electron chi connectivity index (χ1n) is 6.87. The van der Waals surface area contributed by atoms with Crippen LogP contribution in [0.25, 0.3) is 5.65 Å². The van der Waals surface area contributed by atoms with E-state index in [0.29, 0.717) is 5.69 Å². The summed E-state index contributed by atoms with van der Waals surface area (Å²) in [7, 11) is 1.63. The molecule has 1 N–H and O–H groups in total. The molecule has 1 unspecified atom stereocenters. The Labute approximate surface area is 123 Å². The molecule has 3 aromatic rings. The molecule has 108 valence electrons. The van der Waals surface area contributed by atoms with Gasteiger partial charge in [-0.15, -0.1) is 0 Å². The van der Waals surface area contributed by atoms with Gasteiger partial charge < -0.3 is 14.2 Å². The van der Waals surface area contributed by atoms with Crippen LogP contribution in [0.2, 0.25) is 0 Å². The van der Waals surface area contributed by atoms with Gasteiger partial charge in [-0.2, -0.15) is 0 Å². The largest absolute Gasteiger partial charge is 0.496 e. The molecule has 4 heteroatoms. The van der Waals surface area contributed by atoms with Crippen molar-refractivity contribution in [1.29, 1.82) is 0 Å². The number of hydrogen-bond acceptors (Lipinski definition) is 3. The lowest BCUT2D eigenvalue weighted by molar-refractivity contribution is 0.210. The number of aryl methyl sites for hydroxylation is 1. The van der Waals surface area contributed by atoms with Crippen molar-refractivity contribution >= 4 is 5.65 Å². The minimum atomic E-state index is -0.806. The molecule has 0 aliphatic carbocycles. The molecule has 21 heavy (non-hydrogen) atoms. The van der Waals surface area contributed by atoms with Gasteiger partial charge in [0.15, 0.2) is 0 Å². The van der Waals surface area contributed by atoms with Crippen molar-refractivity contribution in [3.8, 4) is 5.75 Å². The average molecular weight is 282 g/mol. The van der Waals surface area contributed by atoms with Crippen LogP contribution in [0.1, 0.15) is 28.5 Å². The minimum Gasteiger partial charge on any atom is -0.496 e. The molecule has 2 heterocycles. The maximum absolute atomic E-state index is 10.7. The van der Waals surface area contributed by atoms with Gasteiger partial charge in [0.1, 0.15) is 17.5 Å². The summed E-state index contributed by atoms with van der Waals surface area (Å²) in [6, 6.07) is 9.66. The third-order valence-corrected chi connectivity index (χ3v) is 3.87. The zero-order valence-corrected chi connectivity index (χ0v) is 12.4. The lowest BCUT2D eigenvalue weighted by Crippen LogP contribution is -2.05. The maximum atomic E-state index is 10.7. The second kappa shape index (κ2) is 5.22. The van der Waals surface area contributed by atoms with Crippen LogP contribution in [-0.2, 0) is 0 Å². The van der Waals surface area contributed by atoms with E-state index < -0.39 is 6.10 Å². The molecular weight excluding hydrogens is 264 g/mol. The van der Waals surface area contributed by atoms with Crippen molar-refractivity contribution < 1.29 is 9.84 Å². The average Bonchev–Trinajstić information content (AvgIpc) is 2.93. The van der Waals surface area contributed by atoms with E-state index in [1.807, 2.05) is 61.0 Å². The summed E-state index contributed by atoms with van der Waals surface area (Å²) in [6.07, 6.45) is 2.95. The Morgan fingerprint density at radius 3 is 2.71 bits per heavy atom. The Bertz CT molecular complexity index is 760. The molecule has 0 fully saturated rings. The van der Waals surface area contributed by atoms with Crippen LogP contribution >= 0.6 is 0 Å². The van der Waals surface area contributed by atoms with Gasteiger partial charge in [0.05, 0.1) is 12.8 Å². The maximum Gasteiger partial charge on any atom is 0.137 e. The minimum absolute atomic E-state index is 0.614. The number of imidazole rings is 1. The Kier molecular flexibility index (Phi) is 3.39. The summed E-state index contributed by atoms with van der Waals surface area (Å²) < 4.78 is 7.37. The number of aliphatic hydroxyl groups excluding tert-OH is 1. The summed E-state index contributed by atoms with van der Waals surface area (Å²) in [5, 5.41) is 10.7. The first kappa shape index (κ1) is 13.6. The third-order valence-electron chi connectivity index (χ3n) is 3.87. The van der Waals surface area contributed by atoms with E-state index >= 15 is 0 Å². The van der Waals surface area contributed by atoms with E-state index in [-0.39, 0.29) is 0 Å². The lowest BCUT2D eigenvalue weighted by Gasteiger charge is -2.16. The van der Waals surface area contributed by atoms with E-state index in [9.17, 15) is 5.11 Å². The van der Waals surface area contributed by atoms with Crippen LogP contribution in [0.15, 0.2) is 42.7 Å². The van der Waals surface area contributed by atoms with E-state index in [4.69, 9.17) is 4.74 Å². The topological polar surface area (TPSA) is 46.8 Å². The molecule has 0 saturated heterocycles. The summed E-state index contributed by atoms with van der Waals surface area (Å²) in [5.74, 6) is 0.722. The molecule has 0 radical (unpaired) electrons. The first-order valence-corrected chi connectivity index (χ1v) is 6.87. The fourth-order valence-electron chi connectivity index (χ4n) is 2.54. The van der Waals surface area contributed by atoms with Gasteiger partial charge in [-0.05, 0) is 37.1 Å². The Morgan fingerprint density at radius 2 is 2.00 bits per heavy atom. The molecule has 1 aromatic carbocycles. The lowest BCUT2D eigenvalue weighted by atomic mass is 9.99. The highest BCUT2D eigenvalue weighted by Gasteiger charge is 2.20. The van der Waals surface area contributed by atoms with Crippen molar-refractivity contribution in [3.05, 3.63) is 65.1 Å². The SMILES string of the molecule is COc1c(C(O)c2cn3ccccc3n2)ccc(C)c1C. The number of rotatable bonds is 3. The zero-order chi connectivity index (χ0) is 15.0. The number of pyridine rings is 1. The Morgan fingerprint density at radius 1 is 1.19 bits per heavy atom. The van der Waals surface area contributed by atoms with Crippen molar-refractivity contribution in [2.24, 2.45) is 0 Å². The van der Waals surface area contributed by atoms with Crippen LogP contribution in [0.4, 0.5) is 0 Å². The van der Waals surface area contributed by atoms with Gasteiger partial charge in [-0.1, -0.05) is 18.2 Å². The van der Waals surface area contributed by atoms with E-state index in [2.05, 4.69) is 4.98 Å². The molecule has 0 saturated carbocycles. The smallest absolute Gasteiger partial charge is 0.137 e. The monoisotopic (exact) mass is 282 g/mol. The van der Waals surface area contributed by atoms with Gasteiger partial charge in [-0.25, -0.2) is 4.98 Å². The van der Waals surface area contributed by atoms with Crippen LogP contribution < -0.4 is 4.74 Å². The molecule has 0 spiro atoms. The molecule has 0 bridgehead atoms. The van der Waals surface area contributed by atoms with Crippen LogP contribution in [0.5, 0.6) is 5.75 Å². The molecule has 0 aliphatic rings. The quantitative estimate of drug-likeness (QED) is 0.803. The number of hydrogen-bond donors (Lipinski definition) is 1. The molecule has 0 amide bonds. The van der Waals surface area contributed by atoms with Gasteiger partial charge in [-0.3, -0.25) is 0 Å². The highest BCUT2D eigenvalue weighted by Crippen LogP contribution is 2.33. The Balaban J connectivity index is 2.09. The summed E-state index contributed by atoms with van der Waals surface area (Å²) >= 11 is 0. The van der Waals surface area contributed by atoms with Crippen LogP contribution in [-0.4, -0.2) is 21.6 Å². The third kappa shape index (κ3) is 2.28. The molecule has 0 aliphatic heterocycles. The molecule has 1 atom stereocenters. The van der Waals surface area contributed by atoms with Gasteiger partial charge in [0, 0.05) is 18.0 Å². The predicted octanol–water partition coefficient (Wildman–Crippen LogP) is 3.04. The summed E-state index contributed by atoms with van der Waals surface area (Å²) in [4.78, 5) is 4.47. The second-order valence-corrected chi connectivity index (χ2v) is 5.16.